The van der Waals surface area contributed by atoms with Crippen molar-refractivity contribution in [2.75, 3.05) is 6.54 Å². The molecule has 1 saturated heterocycles. The summed E-state index contributed by atoms with van der Waals surface area (Å²) in [5.74, 6) is 1.25. The Labute approximate surface area is 143 Å². The Morgan fingerprint density at radius 3 is 2.71 bits per heavy atom. The number of hydrogen-bond acceptors (Lipinski definition) is 3. The molecule has 1 aliphatic rings. The van der Waals surface area contributed by atoms with Crippen molar-refractivity contribution in [3.63, 3.8) is 0 Å². The second kappa shape index (κ2) is 6.79. The molecule has 0 radical (unpaired) electrons. The molecule has 130 valence electrons. The zero-order valence-electron chi connectivity index (χ0n) is 15.1. The van der Waals surface area contributed by atoms with Crippen LogP contribution in [0.25, 0.3) is 0 Å². The summed E-state index contributed by atoms with van der Waals surface area (Å²) in [6.45, 7) is 7.69. The molecule has 0 saturated carbocycles. The minimum Gasteiger partial charge on any atom is -0.336 e. The van der Waals surface area contributed by atoms with Crippen molar-refractivity contribution in [1.82, 2.24) is 24.2 Å². The Morgan fingerprint density at radius 1 is 1.29 bits per heavy atom. The van der Waals surface area contributed by atoms with Gasteiger partial charge < -0.3 is 9.47 Å². The van der Waals surface area contributed by atoms with E-state index in [1.165, 1.54) is 0 Å². The third-order valence-corrected chi connectivity index (χ3v) is 4.77. The zero-order chi connectivity index (χ0) is 17.3. The summed E-state index contributed by atoms with van der Waals surface area (Å²) >= 11 is 0. The van der Waals surface area contributed by atoms with Gasteiger partial charge in [-0.05, 0) is 46.1 Å². The van der Waals surface area contributed by atoms with Gasteiger partial charge in [-0.1, -0.05) is 0 Å². The van der Waals surface area contributed by atoms with Gasteiger partial charge in [-0.15, -0.1) is 0 Å². The third kappa shape index (κ3) is 3.37. The maximum absolute atomic E-state index is 12.7. The summed E-state index contributed by atoms with van der Waals surface area (Å²) in [6.07, 6.45) is 5.48. The number of likely N-dealkylation sites (tertiary alicyclic amines) is 1. The predicted molar refractivity (Wildman–Crippen MR) is 92.6 cm³/mol. The van der Waals surface area contributed by atoms with Crippen LogP contribution in [0.15, 0.2) is 12.3 Å². The highest BCUT2D eigenvalue weighted by atomic mass is 16.2. The third-order valence-electron chi connectivity index (χ3n) is 4.77. The highest BCUT2D eigenvalue weighted by molar-refractivity contribution is 5.76. The number of carbonyl (C=O) groups excluding carboxylic acids is 1. The molecule has 3 rings (SSSR count). The van der Waals surface area contributed by atoms with Gasteiger partial charge in [0.15, 0.2) is 0 Å². The molecular formula is C18H27N5O. The van der Waals surface area contributed by atoms with Crippen LogP contribution in [0, 0.1) is 20.8 Å². The largest absolute Gasteiger partial charge is 0.336 e. The van der Waals surface area contributed by atoms with Gasteiger partial charge in [0.25, 0.3) is 0 Å². The Balaban J connectivity index is 1.59. The van der Waals surface area contributed by atoms with E-state index in [9.17, 15) is 4.79 Å². The van der Waals surface area contributed by atoms with E-state index in [1.807, 2.05) is 36.7 Å². The molecule has 6 heteroatoms. The number of aryl methyl sites for hydroxylation is 5. The lowest BCUT2D eigenvalue weighted by molar-refractivity contribution is -0.132. The molecule has 0 aliphatic carbocycles. The second-order valence-electron chi connectivity index (χ2n) is 6.85. The molecule has 0 spiro atoms. The Morgan fingerprint density at radius 2 is 2.08 bits per heavy atom. The molecule has 0 bridgehead atoms. The van der Waals surface area contributed by atoms with Gasteiger partial charge in [-0.2, -0.15) is 5.10 Å². The Bertz CT molecular complexity index is 730. The number of amides is 1. The molecule has 24 heavy (non-hydrogen) atoms. The fraction of sp³-hybridized carbons (Fsp3) is 0.611. The van der Waals surface area contributed by atoms with E-state index < -0.39 is 0 Å². The van der Waals surface area contributed by atoms with Crippen LogP contribution in [0.4, 0.5) is 0 Å². The maximum Gasteiger partial charge on any atom is 0.223 e. The molecule has 1 amide bonds. The van der Waals surface area contributed by atoms with Crippen molar-refractivity contribution in [2.24, 2.45) is 7.05 Å². The molecule has 0 aromatic carbocycles. The van der Waals surface area contributed by atoms with Crippen LogP contribution in [0.5, 0.6) is 0 Å². The highest BCUT2D eigenvalue weighted by Gasteiger charge is 2.32. The monoisotopic (exact) mass is 329 g/mol. The van der Waals surface area contributed by atoms with Crippen molar-refractivity contribution < 1.29 is 4.79 Å². The molecule has 1 fully saturated rings. The van der Waals surface area contributed by atoms with E-state index in [2.05, 4.69) is 27.6 Å². The molecule has 1 aliphatic heterocycles. The first-order valence-electron chi connectivity index (χ1n) is 8.76. The first-order valence-corrected chi connectivity index (χ1v) is 8.76. The minimum absolute atomic E-state index is 0.130. The standard InChI is InChI=1S/C18H27N5O/c1-13-11-15(3)23(20-13)10-6-8-17(24)22-9-5-7-16(22)18-19-14(2)12-21(18)4/h11-12,16H,5-10H2,1-4H3/t16-/m0/s1. The van der Waals surface area contributed by atoms with Gasteiger partial charge in [-0.3, -0.25) is 9.48 Å². The summed E-state index contributed by atoms with van der Waals surface area (Å²) in [5.41, 5.74) is 3.20. The maximum atomic E-state index is 12.7. The summed E-state index contributed by atoms with van der Waals surface area (Å²) in [4.78, 5) is 19.3. The number of carbonyl (C=O) groups is 1. The van der Waals surface area contributed by atoms with Crippen LogP contribution < -0.4 is 0 Å². The van der Waals surface area contributed by atoms with E-state index in [0.717, 1.165) is 55.3 Å². The van der Waals surface area contributed by atoms with Crippen molar-refractivity contribution in [3.8, 4) is 0 Å². The lowest BCUT2D eigenvalue weighted by atomic mass is 10.2. The average Bonchev–Trinajstić information content (AvgIpc) is 3.18. The average molecular weight is 329 g/mol. The fourth-order valence-electron chi connectivity index (χ4n) is 3.70. The summed E-state index contributed by atoms with van der Waals surface area (Å²) in [5, 5.41) is 4.46. The van der Waals surface area contributed by atoms with Crippen molar-refractivity contribution in [3.05, 3.63) is 35.2 Å². The molecule has 1 atom stereocenters. The quantitative estimate of drug-likeness (QED) is 0.847. The number of hydrogen-bond donors (Lipinski definition) is 0. The first-order chi connectivity index (χ1) is 11.5. The zero-order valence-corrected chi connectivity index (χ0v) is 15.1. The fourth-order valence-corrected chi connectivity index (χ4v) is 3.70. The van der Waals surface area contributed by atoms with Crippen LogP contribution in [-0.4, -0.2) is 36.7 Å². The first kappa shape index (κ1) is 16.7. The van der Waals surface area contributed by atoms with E-state index in [1.54, 1.807) is 0 Å². The molecule has 3 heterocycles. The second-order valence-corrected chi connectivity index (χ2v) is 6.85. The topological polar surface area (TPSA) is 56.0 Å². The number of rotatable bonds is 5. The molecule has 6 nitrogen and oxygen atoms in total. The van der Waals surface area contributed by atoms with E-state index in [4.69, 9.17) is 0 Å². The van der Waals surface area contributed by atoms with Crippen molar-refractivity contribution >= 4 is 5.91 Å². The number of imidazole rings is 1. The van der Waals surface area contributed by atoms with E-state index >= 15 is 0 Å². The van der Waals surface area contributed by atoms with Crippen LogP contribution >= 0.6 is 0 Å². The lowest BCUT2D eigenvalue weighted by Crippen LogP contribution is -2.31. The van der Waals surface area contributed by atoms with Gasteiger partial charge in [-0.25, -0.2) is 4.98 Å². The Hall–Kier alpha value is -2.11. The number of aromatic nitrogens is 4. The van der Waals surface area contributed by atoms with Gasteiger partial charge in [0.1, 0.15) is 5.82 Å². The van der Waals surface area contributed by atoms with Gasteiger partial charge in [0.05, 0.1) is 17.4 Å². The van der Waals surface area contributed by atoms with Crippen LogP contribution in [0.2, 0.25) is 0 Å². The predicted octanol–water partition coefficient (Wildman–Crippen LogP) is 2.69. The molecular weight excluding hydrogens is 302 g/mol. The van der Waals surface area contributed by atoms with Crippen molar-refractivity contribution in [1.29, 1.82) is 0 Å². The SMILES string of the molecule is Cc1cn(C)c([C@@H]2CCCN2C(=O)CCCn2nc(C)cc2C)n1. The summed E-state index contributed by atoms with van der Waals surface area (Å²) < 4.78 is 4.05. The van der Waals surface area contributed by atoms with E-state index in [0.29, 0.717) is 6.42 Å². The summed E-state index contributed by atoms with van der Waals surface area (Å²) in [7, 11) is 2.01. The molecule has 2 aromatic rings. The molecule has 0 N–H and O–H groups in total. The number of nitrogens with zero attached hydrogens (tertiary/aromatic N) is 5. The van der Waals surface area contributed by atoms with Gasteiger partial charge in [0.2, 0.25) is 5.91 Å². The van der Waals surface area contributed by atoms with Gasteiger partial charge >= 0.3 is 0 Å². The minimum atomic E-state index is 0.130. The normalized spacial score (nSPS) is 17.7. The van der Waals surface area contributed by atoms with Crippen LogP contribution in [-0.2, 0) is 18.4 Å². The van der Waals surface area contributed by atoms with Gasteiger partial charge in [0, 0.05) is 38.4 Å². The van der Waals surface area contributed by atoms with E-state index in [-0.39, 0.29) is 11.9 Å². The van der Waals surface area contributed by atoms with Crippen molar-refractivity contribution in [2.45, 2.75) is 59.0 Å². The lowest BCUT2D eigenvalue weighted by Gasteiger charge is -2.24. The highest BCUT2D eigenvalue weighted by Crippen LogP contribution is 2.31. The molecule has 2 aromatic heterocycles. The smallest absolute Gasteiger partial charge is 0.223 e. The Kier molecular flexibility index (Phi) is 4.73. The van der Waals surface area contributed by atoms with Crippen LogP contribution in [0.1, 0.15) is 54.6 Å². The van der Waals surface area contributed by atoms with Crippen LogP contribution in [0.3, 0.4) is 0 Å². The summed E-state index contributed by atoms with van der Waals surface area (Å²) in [6, 6.07) is 2.20. The molecule has 0 unspecified atom stereocenters.